The molecule has 1 aliphatic carbocycles. The Morgan fingerprint density at radius 2 is 2.20 bits per heavy atom. The molecule has 0 aromatic heterocycles. The predicted molar refractivity (Wildman–Crippen MR) is 55.4 cm³/mol. The van der Waals surface area contributed by atoms with E-state index in [0.29, 0.717) is 12.4 Å². The van der Waals surface area contributed by atoms with Gasteiger partial charge in [-0.05, 0) is 25.3 Å². The second-order valence-electron chi connectivity index (χ2n) is 4.58. The summed E-state index contributed by atoms with van der Waals surface area (Å²) in [6.45, 7) is 0.581. The smallest absolute Gasteiger partial charge is 0.165 e. The standard InChI is InChI=1S/C12H14FNO/c13-10-3-1-2-8-9(12(14)5-6-12)4-7-15-11(8)10/h1-3,9H,4-7,14H2. The number of hydrogen-bond donors (Lipinski definition) is 1. The molecular formula is C12H14FNO. The van der Waals surface area contributed by atoms with Gasteiger partial charge in [0, 0.05) is 17.0 Å². The number of rotatable bonds is 1. The first-order chi connectivity index (χ1) is 7.21. The predicted octanol–water partition coefficient (Wildman–Crippen LogP) is 2.18. The molecule has 2 aliphatic rings. The van der Waals surface area contributed by atoms with Crippen molar-refractivity contribution in [3.8, 4) is 5.75 Å². The largest absolute Gasteiger partial charge is 0.490 e. The van der Waals surface area contributed by atoms with Crippen LogP contribution in [0.3, 0.4) is 0 Å². The Labute approximate surface area is 88.2 Å². The number of para-hydroxylation sites is 1. The first-order valence-corrected chi connectivity index (χ1v) is 5.41. The van der Waals surface area contributed by atoms with Gasteiger partial charge < -0.3 is 10.5 Å². The molecule has 3 rings (SSSR count). The van der Waals surface area contributed by atoms with E-state index in [4.69, 9.17) is 10.5 Å². The van der Waals surface area contributed by atoms with Crippen molar-refractivity contribution in [2.75, 3.05) is 6.61 Å². The van der Waals surface area contributed by atoms with Crippen molar-refractivity contribution in [3.05, 3.63) is 29.6 Å². The third kappa shape index (κ3) is 1.34. The van der Waals surface area contributed by atoms with Crippen LogP contribution in [0.1, 0.15) is 30.7 Å². The van der Waals surface area contributed by atoms with E-state index in [-0.39, 0.29) is 17.3 Å². The summed E-state index contributed by atoms with van der Waals surface area (Å²) in [7, 11) is 0. The van der Waals surface area contributed by atoms with Crippen LogP contribution >= 0.6 is 0 Å². The van der Waals surface area contributed by atoms with E-state index in [9.17, 15) is 4.39 Å². The molecule has 0 spiro atoms. The highest BCUT2D eigenvalue weighted by Gasteiger charge is 2.48. The van der Waals surface area contributed by atoms with Crippen molar-refractivity contribution in [2.45, 2.75) is 30.7 Å². The van der Waals surface area contributed by atoms with Gasteiger partial charge in [-0.2, -0.15) is 0 Å². The summed E-state index contributed by atoms with van der Waals surface area (Å²) in [5.74, 6) is 0.434. The van der Waals surface area contributed by atoms with Crippen molar-refractivity contribution < 1.29 is 9.13 Å². The van der Waals surface area contributed by atoms with Crippen molar-refractivity contribution in [3.63, 3.8) is 0 Å². The highest BCUT2D eigenvalue weighted by atomic mass is 19.1. The van der Waals surface area contributed by atoms with E-state index in [1.165, 1.54) is 6.07 Å². The van der Waals surface area contributed by atoms with Gasteiger partial charge in [-0.25, -0.2) is 4.39 Å². The van der Waals surface area contributed by atoms with Crippen molar-refractivity contribution >= 4 is 0 Å². The third-order valence-electron chi connectivity index (χ3n) is 3.55. The van der Waals surface area contributed by atoms with E-state index < -0.39 is 0 Å². The molecule has 1 aromatic carbocycles. The van der Waals surface area contributed by atoms with Gasteiger partial charge in [0.1, 0.15) is 0 Å². The molecule has 1 aliphatic heterocycles. The van der Waals surface area contributed by atoms with E-state index in [0.717, 1.165) is 24.8 Å². The second kappa shape index (κ2) is 2.95. The average molecular weight is 207 g/mol. The van der Waals surface area contributed by atoms with Crippen LogP contribution in [0, 0.1) is 5.82 Å². The fourth-order valence-electron chi connectivity index (χ4n) is 2.48. The number of fused-ring (bicyclic) bond motifs is 1. The molecule has 1 unspecified atom stereocenters. The zero-order valence-electron chi connectivity index (χ0n) is 8.50. The van der Waals surface area contributed by atoms with Crippen LogP contribution in [-0.2, 0) is 0 Å². The molecule has 1 saturated carbocycles. The summed E-state index contributed by atoms with van der Waals surface area (Å²) in [6.07, 6.45) is 3.01. The van der Waals surface area contributed by atoms with Crippen molar-refractivity contribution in [2.24, 2.45) is 5.73 Å². The lowest BCUT2D eigenvalue weighted by Gasteiger charge is -2.30. The Morgan fingerprint density at radius 3 is 2.93 bits per heavy atom. The Morgan fingerprint density at radius 1 is 1.40 bits per heavy atom. The summed E-state index contributed by atoms with van der Waals surface area (Å²) in [5, 5.41) is 0. The van der Waals surface area contributed by atoms with Gasteiger partial charge in [-0.3, -0.25) is 0 Å². The molecule has 2 N–H and O–H groups in total. The Balaban J connectivity index is 2.07. The van der Waals surface area contributed by atoms with Crippen LogP contribution in [0.5, 0.6) is 5.75 Å². The van der Waals surface area contributed by atoms with Gasteiger partial charge in [-0.15, -0.1) is 0 Å². The topological polar surface area (TPSA) is 35.2 Å². The Hall–Kier alpha value is -1.09. The number of halogens is 1. The van der Waals surface area contributed by atoms with Crippen LogP contribution in [0.2, 0.25) is 0 Å². The van der Waals surface area contributed by atoms with Crippen LogP contribution < -0.4 is 10.5 Å². The molecule has 15 heavy (non-hydrogen) atoms. The monoisotopic (exact) mass is 207 g/mol. The molecule has 0 amide bonds. The van der Waals surface area contributed by atoms with Crippen molar-refractivity contribution in [1.29, 1.82) is 0 Å². The van der Waals surface area contributed by atoms with Crippen molar-refractivity contribution in [1.82, 2.24) is 0 Å². The van der Waals surface area contributed by atoms with Crippen LogP contribution in [-0.4, -0.2) is 12.1 Å². The molecule has 0 saturated heterocycles. The molecule has 80 valence electrons. The Bertz CT molecular complexity index is 401. The molecule has 0 bridgehead atoms. The molecule has 1 fully saturated rings. The lowest BCUT2D eigenvalue weighted by Crippen LogP contribution is -2.34. The lowest BCUT2D eigenvalue weighted by atomic mass is 9.85. The maximum absolute atomic E-state index is 13.5. The molecule has 1 aromatic rings. The van der Waals surface area contributed by atoms with E-state index in [1.54, 1.807) is 6.07 Å². The maximum Gasteiger partial charge on any atom is 0.165 e. The summed E-state index contributed by atoms with van der Waals surface area (Å²) in [6, 6.07) is 5.12. The molecule has 1 heterocycles. The summed E-state index contributed by atoms with van der Waals surface area (Å²) in [5.41, 5.74) is 7.08. The highest BCUT2D eigenvalue weighted by Crippen LogP contribution is 2.50. The lowest BCUT2D eigenvalue weighted by molar-refractivity contribution is 0.239. The average Bonchev–Trinajstić information content (AvgIpc) is 2.98. The van der Waals surface area contributed by atoms with Gasteiger partial charge >= 0.3 is 0 Å². The molecule has 1 atom stereocenters. The fraction of sp³-hybridized carbons (Fsp3) is 0.500. The fourth-order valence-corrected chi connectivity index (χ4v) is 2.48. The first-order valence-electron chi connectivity index (χ1n) is 5.41. The van der Waals surface area contributed by atoms with Crippen LogP contribution in [0.15, 0.2) is 18.2 Å². The normalized spacial score (nSPS) is 26.7. The minimum absolute atomic E-state index is 0.0909. The van der Waals surface area contributed by atoms with Gasteiger partial charge in [0.05, 0.1) is 6.61 Å². The quantitative estimate of drug-likeness (QED) is 0.766. The molecule has 0 radical (unpaired) electrons. The SMILES string of the molecule is NC1(C2CCOc3c(F)cccc32)CC1. The molecule has 3 heteroatoms. The van der Waals surface area contributed by atoms with Gasteiger partial charge in [-0.1, -0.05) is 12.1 Å². The highest BCUT2D eigenvalue weighted by molar-refractivity contribution is 5.42. The summed E-state index contributed by atoms with van der Waals surface area (Å²) < 4.78 is 18.9. The minimum Gasteiger partial charge on any atom is -0.490 e. The number of nitrogens with two attached hydrogens (primary N) is 1. The molecule has 2 nitrogen and oxygen atoms in total. The Kier molecular flexibility index (Phi) is 1.80. The van der Waals surface area contributed by atoms with Crippen LogP contribution in [0.4, 0.5) is 4.39 Å². The number of benzene rings is 1. The van der Waals surface area contributed by atoms with Gasteiger partial charge in [0.25, 0.3) is 0 Å². The van der Waals surface area contributed by atoms with E-state index in [1.807, 2.05) is 6.07 Å². The number of hydrogen-bond acceptors (Lipinski definition) is 2. The summed E-state index contributed by atoms with van der Waals surface area (Å²) >= 11 is 0. The van der Waals surface area contributed by atoms with Gasteiger partial charge in [0.15, 0.2) is 11.6 Å². The van der Waals surface area contributed by atoms with E-state index >= 15 is 0 Å². The third-order valence-corrected chi connectivity index (χ3v) is 3.55. The number of ether oxygens (including phenoxy) is 1. The zero-order chi connectivity index (χ0) is 10.5. The van der Waals surface area contributed by atoms with Gasteiger partial charge in [0.2, 0.25) is 0 Å². The van der Waals surface area contributed by atoms with Crippen LogP contribution in [0.25, 0.3) is 0 Å². The molecular weight excluding hydrogens is 193 g/mol. The first kappa shape index (κ1) is 9.16. The maximum atomic E-state index is 13.5. The second-order valence-corrected chi connectivity index (χ2v) is 4.58. The minimum atomic E-state index is -0.263. The summed E-state index contributed by atoms with van der Waals surface area (Å²) in [4.78, 5) is 0. The van der Waals surface area contributed by atoms with E-state index in [2.05, 4.69) is 0 Å². The zero-order valence-corrected chi connectivity index (χ0v) is 8.50.